The molecular formula is C23H22F3N3O4. The highest BCUT2D eigenvalue weighted by molar-refractivity contribution is 5.82. The molecule has 3 rings (SSSR count). The molecule has 1 atom stereocenters. The number of rotatable bonds is 11. The normalized spacial score (nSPS) is 11.9. The summed E-state index contributed by atoms with van der Waals surface area (Å²) in [6, 6.07) is 6.48. The average molecular weight is 461 g/mol. The van der Waals surface area contributed by atoms with Gasteiger partial charge in [-0.2, -0.15) is 0 Å². The summed E-state index contributed by atoms with van der Waals surface area (Å²) in [4.78, 5) is 35.3. The van der Waals surface area contributed by atoms with E-state index in [1.54, 1.807) is 24.3 Å². The van der Waals surface area contributed by atoms with Crippen molar-refractivity contribution in [2.45, 2.75) is 32.4 Å². The van der Waals surface area contributed by atoms with E-state index in [9.17, 15) is 32.7 Å². The molecule has 0 fully saturated rings. The zero-order valence-electron chi connectivity index (χ0n) is 17.7. The van der Waals surface area contributed by atoms with Gasteiger partial charge in [0, 0.05) is 42.9 Å². The molecule has 10 heteroatoms. The Morgan fingerprint density at radius 2 is 1.58 bits per heavy atom. The Balaban J connectivity index is 1.65. The number of carboxylic acid groups (broad SMARTS) is 1. The molecule has 7 nitrogen and oxygen atoms in total. The molecule has 0 aromatic heterocycles. The van der Waals surface area contributed by atoms with Crippen LogP contribution in [0.25, 0.3) is 0 Å². The van der Waals surface area contributed by atoms with Crippen molar-refractivity contribution in [2.24, 2.45) is 0 Å². The molecule has 0 aliphatic carbocycles. The molecule has 0 spiro atoms. The van der Waals surface area contributed by atoms with Crippen LogP contribution in [0.1, 0.15) is 24.5 Å². The topological polar surface area (TPSA) is 108 Å². The molecule has 3 aromatic carbocycles. The van der Waals surface area contributed by atoms with Crippen molar-refractivity contribution >= 4 is 23.0 Å². The van der Waals surface area contributed by atoms with Crippen LogP contribution in [-0.4, -0.2) is 23.7 Å². The van der Waals surface area contributed by atoms with E-state index in [4.69, 9.17) is 0 Å². The van der Waals surface area contributed by atoms with Gasteiger partial charge in [0.1, 0.15) is 34.9 Å². The van der Waals surface area contributed by atoms with Crippen LogP contribution in [0.4, 0.5) is 30.2 Å². The van der Waals surface area contributed by atoms with Gasteiger partial charge in [-0.1, -0.05) is 19.1 Å². The molecule has 3 aromatic rings. The summed E-state index contributed by atoms with van der Waals surface area (Å²) in [6.45, 7) is 2.14. The number of hydrogen-bond acceptors (Lipinski definition) is 6. The van der Waals surface area contributed by atoms with Crippen LogP contribution < -0.4 is 26.8 Å². The lowest BCUT2D eigenvalue weighted by molar-refractivity contribution is -0.137. The molecule has 0 aliphatic heterocycles. The van der Waals surface area contributed by atoms with Crippen molar-refractivity contribution in [1.82, 2.24) is 0 Å². The number of anilines is 3. The maximum absolute atomic E-state index is 13.7. The van der Waals surface area contributed by atoms with Gasteiger partial charge in [0.2, 0.25) is 0 Å². The Morgan fingerprint density at radius 1 is 0.970 bits per heavy atom. The van der Waals surface area contributed by atoms with E-state index in [1.807, 2.05) is 6.92 Å². The van der Waals surface area contributed by atoms with Crippen LogP contribution in [0.5, 0.6) is 0 Å². The first-order valence-corrected chi connectivity index (χ1v) is 10.2. The molecule has 4 N–H and O–H groups in total. The van der Waals surface area contributed by atoms with Crippen molar-refractivity contribution in [2.75, 3.05) is 22.5 Å². The molecule has 0 radical (unpaired) electrons. The Labute approximate surface area is 187 Å². The van der Waals surface area contributed by atoms with Crippen LogP contribution in [-0.2, 0) is 17.8 Å². The van der Waals surface area contributed by atoms with Crippen LogP contribution in [0, 0.1) is 17.5 Å². The zero-order valence-corrected chi connectivity index (χ0v) is 17.7. The third-order valence-electron chi connectivity index (χ3n) is 5.05. The summed E-state index contributed by atoms with van der Waals surface area (Å²) < 4.78 is 40.5. The molecule has 33 heavy (non-hydrogen) atoms. The fraction of sp³-hybridized carbons (Fsp3) is 0.261. The van der Waals surface area contributed by atoms with Crippen LogP contribution in [0.15, 0.2) is 46.0 Å². The van der Waals surface area contributed by atoms with E-state index in [0.717, 1.165) is 6.42 Å². The van der Waals surface area contributed by atoms with Crippen LogP contribution in [0.3, 0.4) is 0 Å². The molecule has 0 amide bonds. The number of benzene rings is 2. The van der Waals surface area contributed by atoms with E-state index in [2.05, 4.69) is 16.0 Å². The summed E-state index contributed by atoms with van der Waals surface area (Å²) >= 11 is 0. The number of nitrogens with one attached hydrogen (secondary N) is 3. The van der Waals surface area contributed by atoms with Crippen molar-refractivity contribution in [3.8, 4) is 0 Å². The van der Waals surface area contributed by atoms with Gasteiger partial charge in [0.15, 0.2) is 0 Å². The molecule has 0 saturated heterocycles. The standard InChI is InChI=1S/C23H22F3N3O4/c1-2-7-27-19-20(22(31)21(19)30)29-18(23(32)33)8-12-3-5-14(6-4-12)28-11-15-16(25)9-13(24)10-17(15)26/h3-6,9-10,18,27-29H,2,7-8,11H2,1H3,(H,32,33). The first-order valence-electron chi connectivity index (χ1n) is 10.2. The third kappa shape index (κ3) is 5.51. The highest BCUT2D eigenvalue weighted by Crippen LogP contribution is 2.20. The van der Waals surface area contributed by atoms with Crippen LogP contribution >= 0.6 is 0 Å². The SMILES string of the molecule is CCCNc1c(NC(Cc2ccc(NCc3c(F)cc(F)cc3F)cc2)C(=O)O)c(=O)c1=O. The Morgan fingerprint density at radius 3 is 2.15 bits per heavy atom. The van der Waals surface area contributed by atoms with Gasteiger partial charge in [-0.15, -0.1) is 0 Å². The molecule has 174 valence electrons. The maximum atomic E-state index is 13.7. The van der Waals surface area contributed by atoms with Gasteiger partial charge >= 0.3 is 5.97 Å². The van der Waals surface area contributed by atoms with E-state index in [-0.39, 0.29) is 29.9 Å². The van der Waals surface area contributed by atoms with E-state index < -0.39 is 40.3 Å². The summed E-state index contributed by atoms with van der Waals surface area (Å²) in [7, 11) is 0. The summed E-state index contributed by atoms with van der Waals surface area (Å²) in [5.41, 5.74) is -0.581. The number of hydrogen-bond donors (Lipinski definition) is 4. The smallest absolute Gasteiger partial charge is 0.326 e. The van der Waals surface area contributed by atoms with E-state index in [1.165, 1.54) is 0 Å². The second-order valence-corrected chi connectivity index (χ2v) is 7.47. The maximum Gasteiger partial charge on any atom is 0.326 e. The number of halogens is 3. The van der Waals surface area contributed by atoms with E-state index >= 15 is 0 Å². The number of carboxylic acids is 1. The first-order chi connectivity index (χ1) is 15.7. The Hall–Kier alpha value is -3.82. The fourth-order valence-corrected chi connectivity index (χ4v) is 3.25. The van der Waals surface area contributed by atoms with Gasteiger partial charge in [0.25, 0.3) is 10.9 Å². The summed E-state index contributed by atoms with van der Waals surface area (Å²) in [6.07, 6.45) is 0.740. The van der Waals surface area contributed by atoms with E-state index in [0.29, 0.717) is 29.9 Å². The first kappa shape index (κ1) is 23.8. The van der Waals surface area contributed by atoms with Crippen molar-refractivity contribution in [1.29, 1.82) is 0 Å². The molecule has 0 saturated carbocycles. The van der Waals surface area contributed by atoms with Crippen LogP contribution in [0.2, 0.25) is 0 Å². The number of carbonyl (C=O) groups is 1. The van der Waals surface area contributed by atoms with Gasteiger partial charge < -0.3 is 21.1 Å². The minimum absolute atomic E-state index is 0.0167. The molecule has 0 heterocycles. The Kier molecular flexibility index (Phi) is 7.37. The number of aliphatic carboxylic acids is 1. The van der Waals surface area contributed by atoms with Gasteiger partial charge in [0.05, 0.1) is 0 Å². The summed E-state index contributed by atoms with van der Waals surface area (Å²) in [5.74, 6) is -4.21. The molecule has 1 unspecified atom stereocenters. The monoisotopic (exact) mass is 461 g/mol. The molecule has 0 aliphatic rings. The highest BCUT2D eigenvalue weighted by atomic mass is 19.1. The van der Waals surface area contributed by atoms with Crippen molar-refractivity contribution < 1.29 is 23.1 Å². The zero-order chi connectivity index (χ0) is 24.1. The second-order valence-electron chi connectivity index (χ2n) is 7.47. The third-order valence-corrected chi connectivity index (χ3v) is 5.05. The van der Waals surface area contributed by atoms with Crippen molar-refractivity contribution in [3.05, 3.63) is 85.4 Å². The summed E-state index contributed by atoms with van der Waals surface area (Å²) in [5, 5.41) is 17.8. The lowest BCUT2D eigenvalue weighted by atomic mass is 10.0. The highest BCUT2D eigenvalue weighted by Gasteiger charge is 2.26. The lowest BCUT2D eigenvalue weighted by Gasteiger charge is -2.20. The predicted molar refractivity (Wildman–Crippen MR) is 119 cm³/mol. The molecular weight excluding hydrogens is 439 g/mol. The minimum Gasteiger partial charge on any atom is -0.480 e. The second kappa shape index (κ2) is 10.2. The fourth-order valence-electron chi connectivity index (χ4n) is 3.25. The minimum atomic E-state index is -1.20. The Bertz CT molecular complexity index is 1200. The van der Waals surface area contributed by atoms with Gasteiger partial charge in [-0.05, 0) is 24.1 Å². The predicted octanol–water partition coefficient (Wildman–Crippen LogP) is 3.24. The molecule has 0 bridgehead atoms. The van der Waals surface area contributed by atoms with Gasteiger partial charge in [-0.25, -0.2) is 18.0 Å². The largest absolute Gasteiger partial charge is 0.480 e. The van der Waals surface area contributed by atoms with Gasteiger partial charge in [-0.3, -0.25) is 9.59 Å². The lowest BCUT2D eigenvalue weighted by Crippen LogP contribution is -2.42. The quantitative estimate of drug-likeness (QED) is 0.325. The average Bonchev–Trinajstić information content (AvgIpc) is 2.77. The van der Waals surface area contributed by atoms with Crippen molar-refractivity contribution in [3.63, 3.8) is 0 Å².